The first-order valence-electron chi connectivity index (χ1n) is 6.30. The number of hydrogen-bond donors (Lipinski definition) is 2. The molecule has 0 aliphatic carbocycles. The molecule has 0 aromatic heterocycles. The Labute approximate surface area is 136 Å². The van der Waals surface area contributed by atoms with Crippen molar-refractivity contribution in [2.45, 2.75) is 6.92 Å². The predicted molar refractivity (Wildman–Crippen MR) is 89.1 cm³/mol. The highest BCUT2D eigenvalue weighted by atomic mass is 79.9. The summed E-state index contributed by atoms with van der Waals surface area (Å²) in [5, 5.41) is 3.29. The molecule has 0 aliphatic rings. The highest BCUT2D eigenvalue weighted by Crippen LogP contribution is 2.36. The van der Waals surface area contributed by atoms with E-state index in [0.717, 1.165) is 0 Å². The normalized spacial score (nSPS) is 10.2. The van der Waals surface area contributed by atoms with Gasteiger partial charge in [0.15, 0.2) is 5.75 Å². The summed E-state index contributed by atoms with van der Waals surface area (Å²) in [7, 11) is 0. The van der Waals surface area contributed by atoms with Crippen molar-refractivity contribution in [2.24, 2.45) is 0 Å². The number of halogens is 2. The molecule has 0 saturated heterocycles. The second-order valence-electron chi connectivity index (χ2n) is 4.27. The average molecular weight is 370 g/mol. The van der Waals surface area contributed by atoms with Crippen molar-refractivity contribution in [3.63, 3.8) is 0 Å². The molecule has 0 saturated carbocycles. The Bertz CT molecular complexity index is 659. The first-order chi connectivity index (χ1) is 10.0. The molecule has 0 spiro atoms. The molecule has 2 aromatic rings. The third kappa shape index (κ3) is 3.89. The lowest BCUT2D eigenvalue weighted by molar-refractivity contribution is 0.102. The average Bonchev–Trinajstić information content (AvgIpc) is 2.43. The van der Waals surface area contributed by atoms with Crippen LogP contribution in [0.5, 0.6) is 5.75 Å². The molecule has 0 atom stereocenters. The molecular formula is C15H14BrClN2O2. The summed E-state index contributed by atoms with van der Waals surface area (Å²) in [4.78, 5) is 12.2. The van der Waals surface area contributed by atoms with E-state index in [1.807, 2.05) is 6.92 Å². The topological polar surface area (TPSA) is 64.3 Å². The minimum atomic E-state index is -0.259. The van der Waals surface area contributed by atoms with Crippen LogP contribution in [-0.2, 0) is 0 Å². The first kappa shape index (κ1) is 15.7. The summed E-state index contributed by atoms with van der Waals surface area (Å²) in [6, 6.07) is 10.0. The maximum absolute atomic E-state index is 12.2. The molecule has 4 nitrogen and oxygen atoms in total. The van der Waals surface area contributed by atoms with Crippen LogP contribution in [0.15, 0.2) is 40.9 Å². The largest absolute Gasteiger partial charge is 0.491 e. The van der Waals surface area contributed by atoms with Gasteiger partial charge in [0, 0.05) is 16.3 Å². The maximum atomic E-state index is 12.2. The number of carbonyl (C=O) groups excluding carboxylic acids is 1. The van der Waals surface area contributed by atoms with Crippen LogP contribution >= 0.6 is 27.5 Å². The van der Waals surface area contributed by atoms with E-state index >= 15 is 0 Å². The van der Waals surface area contributed by atoms with Crippen molar-refractivity contribution < 1.29 is 9.53 Å². The summed E-state index contributed by atoms with van der Waals surface area (Å²) >= 11 is 9.40. The zero-order valence-electron chi connectivity index (χ0n) is 11.3. The van der Waals surface area contributed by atoms with Crippen molar-refractivity contribution in [1.29, 1.82) is 0 Å². The number of nitrogens with two attached hydrogens (primary N) is 1. The quantitative estimate of drug-likeness (QED) is 0.788. The molecule has 0 unspecified atom stereocenters. The molecule has 2 aromatic carbocycles. The number of anilines is 2. The van der Waals surface area contributed by atoms with Gasteiger partial charge in [-0.25, -0.2) is 0 Å². The van der Waals surface area contributed by atoms with Crippen molar-refractivity contribution >= 4 is 44.8 Å². The fraction of sp³-hybridized carbons (Fsp3) is 0.133. The molecule has 2 rings (SSSR count). The van der Waals surface area contributed by atoms with Crippen LogP contribution in [0.2, 0.25) is 5.02 Å². The molecule has 0 aliphatic heterocycles. The number of hydrogen-bond acceptors (Lipinski definition) is 3. The van der Waals surface area contributed by atoms with E-state index < -0.39 is 0 Å². The van der Waals surface area contributed by atoms with Crippen molar-refractivity contribution in [2.75, 3.05) is 17.7 Å². The Morgan fingerprint density at radius 1 is 1.33 bits per heavy atom. The third-order valence-electron chi connectivity index (χ3n) is 2.72. The van der Waals surface area contributed by atoms with Crippen LogP contribution in [-0.4, -0.2) is 12.5 Å². The number of amides is 1. The molecule has 1 amide bonds. The fourth-order valence-corrected chi connectivity index (χ4v) is 2.70. The van der Waals surface area contributed by atoms with E-state index in [1.165, 1.54) is 0 Å². The molecule has 0 bridgehead atoms. The van der Waals surface area contributed by atoms with Gasteiger partial charge < -0.3 is 15.8 Å². The minimum Gasteiger partial charge on any atom is -0.491 e. The van der Waals surface area contributed by atoms with Gasteiger partial charge in [-0.1, -0.05) is 11.6 Å². The van der Waals surface area contributed by atoms with Gasteiger partial charge in [0.05, 0.1) is 16.8 Å². The van der Waals surface area contributed by atoms with E-state index in [4.69, 9.17) is 22.1 Å². The number of nitrogens with one attached hydrogen (secondary N) is 1. The lowest BCUT2D eigenvalue weighted by Gasteiger charge is -2.14. The number of rotatable bonds is 4. The lowest BCUT2D eigenvalue weighted by Crippen LogP contribution is -2.13. The van der Waals surface area contributed by atoms with Crippen LogP contribution < -0.4 is 15.8 Å². The van der Waals surface area contributed by atoms with E-state index in [9.17, 15) is 4.79 Å². The Hall–Kier alpha value is -1.72. The SMILES string of the molecule is CCOc1c(Br)cc(Cl)cc1NC(=O)c1ccc(N)cc1. The maximum Gasteiger partial charge on any atom is 0.255 e. The molecule has 110 valence electrons. The van der Waals surface area contributed by atoms with Gasteiger partial charge in [-0.15, -0.1) is 0 Å². The van der Waals surface area contributed by atoms with E-state index in [-0.39, 0.29) is 5.91 Å². The van der Waals surface area contributed by atoms with E-state index in [0.29, 0.717) is 38.8 Å². The van der Waals surface area contributed by atoms with Crippen LogP contribution in [0.4, 0.5) is 11.4 Å². The molecule has 0 heterocycles. The predicted octanol–water partition coefficient (Wildman–Crippen LogP) is 4.34. The third-order valence-corrected chi connectivity index (χ3v) is 3.53. The smallest absolute Gasteiger partial charge is 0.255 e. The minimum absolute atomic E-state index is 0.259. The summed E-state index contributed by atoms with van der Waals surface area (Å²) in [5.41, 5.74) is 7.23. The van der Waals surface area contributed by atoms with Gasteiger partial charge in [0.2, 0.25) is 0 Å². The molecular weight excluding hydrogens is 356 g/mol. The summed E-state index contributed by atoms with van der Waals surface area (Å²) in [5.74, 6) is 0.288. The Morgan fingerprint density at radius 3 is 2.62 bits per heavy atom. The highest BCUT2D eigenvalue weighted by Gasteiger charge is 2.14. The second kappa shape index (κ2) is 6.83. The summed E-state index contributed by atoms with van der Waals surface area (Å²) in [6.45, 7) is 2.34. The van der Waals surface area contributed by atoms with E-state index in [2.05, 4.69) is 21.2 Å². The van der Waals surface area contributed by atoms with Crippen LogP contribution in [0.1, 0.15) is 17.3 Å². The van der Waals surface area contributed by atoms with Gasteiger partial charge in [-0.3, -0.25) is 4.79 Å². The molecule has 21 heavy (non-hydrogen) atoms. The highest BCUT2D eigenvalue weighted by molar-refractivity contribution is 9.10. The summed E-state index contributed by atoms with van der Waals surface area (Å²) < 4.78 is 6.22. The Balaban J connectivity index is 2.29. The molecule has 0 radical (unpaired) electrons. The van der Waals surface area contributed by atoms with Gasteiger partial charge in [-0.05, 0) is 59.3 Å². The first-order valence-corrected chi connectivity index (χ1v) is 7.47. The van der Waals surface area contributed by atoms with Crippen LogP contribution in [0, 0.1) is 0 Å². The second-order valence-corrected chi connectivity index (χ2v) is 5.56. The van der Waals surface area contributed by atoms with E-state index in [1.54, 1.807) is 36.4 Å². The van der Waals surface area contributed by atoms with Gasteiger partial charge in [0.1, 0.15) is 0 Å². The molecule has 6 heteroatoms. The van der Waals surface area contributed by atoms with Gasteiger partial charge in [0.25, 0.3) is 5.91 Å². The van der Waals surface area contributed by atoms with Gasteiger partial charge >= 0.3 is 0 Å². The number of ether oxygens (including phenoxy) is 1. The number of nitrogen functional groups attached to an aromatic ring is 1. The van der Waals surface area contributed by atoms with Crippen molar-refractivity contribution in [3.05, 3.63) is 51.5 Å². The van der Waals surface area contributed by atoms with Crippen LogP contribution in [0.3, 0.4) is 0 Å². The standard InChI is InChI=1S/C15H14BrClN2O2/c1-2-21-14-12(16)7-10(17)8-13(14)19-15(20)9-3-5-11(18)6-4-9/h3-8H,2,18H2,1H3,(H,19,20). The number of carbonyl (C=O) groups is 1. The monoisotopic (exact) mass is 368 g/mol. The zero-order valence-corrected chi connectivity index (χ0v) is 13.7. The molecule has 0 fully saturated rings. The van der Waals surface area contributed by atoms with Gasteiger partial charge in [-0.2, -0.15) is 0 Å². The number of benzene rings is 2. The molecule has 3 N–H and O–H groups in total. The van der Waals surface area contributed by atoms with Crippen LogP contribution in [0.25, 0.3) is 0 Å². The fourth-order valence-electron chi connectivity index (χ4n) is 1.77. The zero-order chi connectivity index (χ0) is 15.4. The summed E-state index contributed by atoms with van der Waals surface area (Å²) in [6.07, 6.45) is 0. The van der Waals surface area contributed by atoms with Crippen molar-refractivity contribution in [3.8, 4) is 5.75 Å². The Kier molecular flexibility index (Phi) is 5.09. The Morgan fingerprint density at radius 2 is 2.00 bits per heavy atom. The lowest BCUT2D eigenvalue weighted by atomic mass is 10.2. The van der Waals surface area contributed by atoms with Crippen molar-refractivity contribution in [1.82, 2.24) is 0 Å².